The highest BCUT2D eigenvalue weighted by atomic mass is 16.5. The van der Waals surface area contributed by atoms with Gasteiger partial charge < -0.3 is 14.9 Å². The first-order chi connectivity index (χ1) is 8.20. The van der Waals surface area contributed by atoms with Gasteiger partial charge in [0, 0.05) is 13.0 Å². The zero-order valence-electron chi connectivity index (χ0n) is 12.0. The molecule has 0 amide bonds. The fourth-order valence-corrected chi connectivity index (χ4v) is 1.41. The van der Waals surface area contributed by atoms with Gasteiger partial charge in [-0.3, -0.25) is 4.79 Å². The molecule has 4 nitrogen and oxygen atoms in total. The van der Waals surface area contributed by atoms with Crippen LogP contribution in [0.3, 0.4) is 0 Å². The van der Waals surface area contributed by atoms with Gasteiger partial charge in [0.05, 0.1) is 11.0 Å². The molecule has 18 heavy (non-hydrogen) atoms. The quantitative estimate of drug-likeness (QED) is 0.518. The summed E-state index contributed by atoms with van der Waals surface area (Å²) in [5.74, 6) is -0.0863. The van der Waals surface area contributed by atoms with Crippen LogP contribution in [0, 0.1) is 5.41 Å². The summed E-state index contributed by atoms with van der Waals surface area (Å²) in [5.41, 5.74) is -1.60. The number of ether oxygens (including phenoxy) is 1. The maximum absolute atomic E-state index is 11.8. The molecule has 4 heteroatoms. The average Bonchev–Trinajstić information content (AvgIpc) is 2.28. The van der Waals surface area contributed by atoms with Crippen molar-refractivity contribution in [3.63, 3.8) is 0 Å². The van der Waals surface area contributed by atoms with Crippen molar-refractivity contribution in [3.05, 3.63) is 12.3 Å². The molecule has 0 bridgehead atoms. The Hall–Kier alpha value is -0.870. The van der Waals surface area contributed by atoms with Crippen LogP contribution in [0.5, 0.6) is 0 Å². The summed E-state index contributed by atoms with van der Waals surface area (Å²) in [6.07, 6.45) is 1.56. The van der Waals surface area contributed by atoms with Gasteiger partial charge in [-0.2, -0.15) is 0 Å². The second-order valence-corrected chi connectivity index (χ2v) is 5.39. The summed E-state index contributed by atoms with van der Waals surface area (Å²) in [6.45, 7) is 10.9. The molecule has 0 radical (unpaired) electrons. The first-order valence-electron chi connectivity index (χ1n) is 6.44. The van der Waals surface area contributed by atoms with Crippen LogP contribution in [0.15, 0.2) is 12.3 Å². The van der Waals surface area contributed by atoms with E-state index in [1.165, 1.54) is 0 Å². The molecule has 0 aromatic carbocycles. The van der Waals surface area contributed by atoms with Crippen molar-refractivity contribution in [2.75, 3.05) is 6.61 Å². The lowest BCUT2D eigenvalue weighted by Gasteiger charge is -2.28. The van der Waals surface area contributed by atoms with Crippen molar-refractivity contribution in [2.24, 2.45) is 5.41 Å². The van der Waals surface area contributed by atoms with Crippen LogP contribution in [0.4, 0.5) is 0 Å². The standard InChI is InChI=1S/C14H26O4/c1-6-13(4,5)12(16)18-11(3)10-14(17,7-2)8-9-15/h15,17H,3,6-10H2,1-2,4-5H3. The molecular weight excluding hydrogens is 232 g/mol. The molecule has 0 aromatic rings. The number of carbonyl (C=O) groups excluding carboxylic acids is 1. The topological polar surface area (TPSA) is 66.8 Å². The van der Waals surface area contributed by atoms with Crippen LogP contribution in [0.1, 0.15) is 53.4 Å². The molecule has 1 unspecified atom stereocenters. The Morgan fingerprint density at radius 1 is 1.28 bits per heavy atom. The summed E-state index contributed by atoms with van der Waals surface area (Å²) >= 11 is 0. The first-order valence-corrected chi connectivity index (χ1v) is 6.44. The minimum absolute atomic E-state index is 0.105. The molecule has 0 fully saturated rings. The zero-order valence-corrected chi connectivity index (χ0v) is 12.0. The molecule has 0 aromatic heterocycles. The highest BCUT2D eigenvalue weighted by Crippen LogP contribution is 2.27. The number of rotatable bonds is 8. The number of carbonyl (C=O) groups is 1. The lowest BCUT2D eigenvalue weighted by molar-refractivity contribution is -0.150. The van der Waals surface area contributed by atoms with Crippen molar-refractivity contribution >= 4 is 5.97 Å². The van der Waals surface area contributed by atoms with Crippen LogP contribution >= 0.6 is 0 Å². The van der Waals surface area contributed by atoms with Crippen molar-refractivity contribution in [1.82, 2.24) is 0 Å². The number of esters is 1. The Morgan fingerprint density at radius 3 is 2.22 bits per heavy atom. The van der Waals surface area contributed by atoms with E-state index >= 15 is 0 Å². The Balaban J connectivity index is 4.47. The van der Waals surface area contributed by atoms with Crippen LogP contribution in [0.2, 0.25) is 0 Å². The third kappa shape index (κ3) is 5.19. The van der Waals surface area contributed by atoms with Gasteiger partial charge in [0.25, 0.3) is 0 Å². The third-order valence-corrected chi connectivity index (χ3v) is 3.44. The van der Waals surface area contributed by atoms with E-state index in [9.17, 15) is 9.90 Å². The Kier molecular flexibility index (Phi) is 6.57. The van der Waals surface area contributed by atoms with Gasteiger partial charge in [-0.25, -0.2) is 0 Å². The predicted molar refractivity (Wildman–Crippen MR) is 70.9 cm³/mol. The molecule has 0 aliphatic heterocycles. The largest absolute Gasteiger partial charge is 0.431 e. The molecule has 2 N–H and O–H groups in total. The summed E-state index contributed by atoms with van der Waals surface area (Å²) in [7, 11) is 0. The fourth-order valence-electron chi connectivity index (χ4n) is 1.41. The van der Waals surface area contributed by atoms with Gasteiger partial charge in [0.2, 0.25) is 0 Å². The molecule has 0 saturated heterocycles. The minimum Gasteiger partial charge on any atom is -0.431 e. The van der Waals surface area contributed by atoms with E-state index in [-0.39, 0.29) is 31.2 Å². The molecule has 0 rings (SSSR count). The maximum Gasteiger partial charge on any atom is 0.316 e. The molecule has 0 aliphatic rings. The van der Waals surface area contributed by atoms with Crippen LogP contribution in [0.25, 0.3) is 0 Å². The van der Waals surface area contributed by atoms with Gasteiger partial charge in [-0.15, -0.1) is 0 Å². The van der Waals surface area contributed by atoms with Gasteiger partial charge >= 0.3 is 5.97 Å². The van der Waals surface area contributed by atoms with Crippen LogP contribution in [-0.4, -0.2) is 28.4 Å². The second kappa shape index (κ2) is 6.90. The molecule has 0 aliphatic carbocycles. The fraction of sp³-hybridized carbons (Fsp3) is 0.786. The van der Waals surface area contributed by atoms with Crippen molar-refractivity contribution in [3.8, 4) is 0 Å². The van der Waals surface area contributed by atoms with Gasteiger partial charge in [0.15, 0.2) is 0 Å². The average molecular weight is 258 g/mol. The number of aliphatic hydroxyl groups is 2. The smallest absolute Gasteiger partial charge is 0.316 e. The molecule has 0 heterocycles. The van der Waals surface area contributed by atoms with Gasteiger partial charge in [-0.1, -0.05) is 20.4 Å². The van der Waals surface area contributed by atoms with Crippen molar-refractivity contribution < 1.29 is 19.7 Å². The minimum atomic E-state index is -1.05. The lowest BCUT2D eigenvalue weighted by Crippen LogP contribution is -2.32. The van der Waals surface area contributed by atoms with Crippen LogP contribution in [-0.2, 0) is 9.53 Å². The van der Waals surface area contributed by atoms with Crippen molar-refractivity contribution in [1.29, 1.82) is 0 Å². The molecule has 106 valence electrons. The van der Waals surface area contributed by atoms with E-state index in [4.69, 9.17) is 9.84 Å². The van der Waals surface area contributed by atoms with Crippen LogP contribution < -0.4 is 0 Å². The van der Waals surface area contributed by atoms with E-state index in [2.05, 4.69) is 6.58 Å². The van der Waals surface area contributed by atoms with Gasteiger partial charge in [0.1, 0.15) is 5.76 Å². The molecular formula is C14H26O4. The Morgan fingerprint density at radius 2 is 1.83 bits per heavy atom. The molecule has 0 spiro atoms. The molecule has 1 atom stereocenters. The molecule has 0 saturated carbocycles. The van der Waals surface area contributed by atoms with E-state index in [0.717, 1.165) is 0 Å². The number of hydrogen-bond donors (Lipinski definition) is 2. The highest BCUT2D eigenvalue weighted by molar-refractivity contribution is 5.76. The predicted octanol–water partition coefficient (Wildman–Crippen LogP) is 2.39. The summed E-state index contributed by atoms with van der Waals surface area (Å²) in [4.78, 5) is 11.8. The monoisotopic (exact) mass is 258 g/mol. The number of aliphatic hydroxyl groups excluding tert-OH is 1. The van der Waals surface area contributed by atoms with E-state index in [0.29, 0.717) is 12.8 Å². The lowest BCUT2D eigenvalue weighted by atomic mass is 9.90. The summed E-state index contributed by atoms with van der Waals surface area (Å²) in [5, 5.41) is 19.0. The highest BCUT2D eigenvalue weighted by Gasteiger charge is 2.31. The normalized spacial score (nSPS) is 15.0. The number of hydrogen-bond acceptors (Lipinski definition) is 4. The van der Waals surface area contributed by atoms with E-state index < -0.39 is 11.0 Å². The summed E-state index contributed by atoms with van der Waals surface area (Å²) < 4.78 is 5.17. The van der Waals surface area contributed by atoms with Gasteiger partial charge in [-0.05, 0) is 33.1 Å². The third-order valence-electron chi connectivity index (χ3n) is 3.44. The second-order valence-electron chi connectivity index (χ2n) is 5.39. The maximum atomic E-state index is 11.8. The zero-order chi connectivity index (χ0) is 14.4. The van der Waals surface area contributed by atoms with E-state index in [1.54, 1.807) is 0 Å². The Bertz CT molecular complexity index is 296. The van der Waals surface area contributed by atoms with E-state index in [1.807, 2.05) is 27.7 Å². The van der Waals surface area contributed by atoms with Crippen molar-refractivity contribution in [2.45, 2.75) is 59.0 Å². The SMILES string of the molecule is C=C(CC(O)(CC)CCO)OC(=O)C(C)(C)CC. The summed E-state index contributed by atoms with van der Waals surface area (Å²) in [6, 6.07) is 0. The Labute approximate surface area is 110 Å². The first kappa shape index (κ1) is 17.1.